The number of carbonyl (C=O) groups excluding carboxylic acids is 2. The highest BCUT2D eigenvalue weighted by molar-refractivity contribution is 5.98. The van der Waals surface area contributed by atoms with Crippen LogP contribution in [0.15, 0.2) is 42.5 Å². The summed E-state index contributed by atoms with van der Waals surface area (Å²) < 4.78 is 21.9. The van der Waals surface area contributed by atoms with Gasteiger partial charge in [0, 0.05) is 19.3 Å². The third-order valence-electron chi connectivity index (χ3n) is 9.36. The van der Waals surface area contributed by atoms with E-state index in [0.717, 1.165) is 12.0 Å². The normalized spacial score (nSPS) is 30.0. The maximum Gasteiger partial charge on any atom is 0.344 e. The Morgan fingerprint density at radius 1 is 1.02 bits per heavy atom. The topological polar surface area (TPSA) is 244 Å². The molecule has 0 radical (unpaired) electrons. The van der Waals surface area contributed by atoms with Crippen LogP contribution in [0.1, 0.15) is 71.8 Å². The Morgan fingerprint density at radius 3 is 2.18 bits per heavy atom. The Balaban J connectivity index is 1.99. The summed E-state index contributed by atoms with van der Waals surface area (Å²) in [6.45, 7) is 10.9. The minimum Gasteiger partial charge on any atom is -0.479 e. The van der Waals surface area contributed by atoms with Crippen molar-refractivity contribution in [2.24, 2.45) is 11.8 Å². The third-order valence-corrected chi connectivity index (χ3v) is 9.36. The van der Waals surface area contributed by atoms with E-state index >= 15 is 0 Å². The van der Waals surface area contributed by atoms with Crippen LogP contribution in [0.4, 0.5) is 0 Å². The van der Waals surface area contributed by atoms with Gasteiger partial charge in [0.1, 0.15) is 12.2 Å². The minimum absolute atomic E-state index is 0.166. The molecule has 2 bridgehead atoms. The highest BCUT2D eigenvalue weighted by Crippen LogP contribution is 2.56. The molecule has 2 saturated heterocycles. The van der Waals surface area contributed by atoms with Crippen molar-refractivity contribution in [3.05, 3.63) is 48.0 Å². The number of carbonyl (C=O) groups is 5. The van der Waals surface area contributed by atoms with Crippen LogP contribution in [0.3, 0.4) is 0 Å². The van der Waals surface area contributed by atoms with Gasteiger partial charge in [-0.05, 0) is 42.7 Å². The second-order valence-corrected chi connectivity index (χ2v) is 13.0. The number of rotatable bonds is 18. The Morgan fingerprint density at radius 2 is 1.65 bits per heavy atom. The summed E-state index contributed by atoms with van der Waals surface area (Å²) >= 11 is 0. The van der Waals surface area contributed by atoms with E-state index < -0.39 is 90.2 Å². The molecule has 6 N–H and O–H groups in total. The molecule has 2 aliphatic heterocycles. The van der Waals surface area contributed by atoms with Gasteiger partial charge in [-0.1, -0.05) is 64.1 Å². The van der Waals surface area contributed by atoms with E-state index in [1.54, 1.807) is 6.92 Å². The number of esters is 2. The number of aliphatic carboxylic acids is 3. The maximum atomic E-state index is 13.0. The predicted octanol–water partition coefficient (Wildman–Crippen LogP) is 1.83. The van der Waals surface area contributed by atoms with E-state index in [1.165, 1.54) is 6.92 Å². The van der Waals surface area contributed by atoms with E-state index in [1.807, 2.05) is 44.2 Å². The number of aliphatic hydroxyl groups is 3. The number of hydrogen-bond acceptors (Lipinski definition) is 12. The molecule has 272 valence electrons. The van der Waals surface area contributed by atoms with Crippen LogP contribution in [0.2, 0.25) is 0 Å². The second kappa shape index (κ2) is 15.8. The second-order valence-electron chi connectivity index (χ2n) is 13.0. The fourth-order valence-electron chi connectivity index (χ4n) is 6.46. The average Bonchev–Trinajstić information content (AvgIpc) is 3.24. The fraction of sp³-hybridized carbons (Fsp3) is 0.618. The molecule has 49 heavy (non-hydrogen) atoms. The third kappa shape index (κ3) is 7.96. The largest absolute Gasteiger partial charge is 0.479 e. The number of benzene rings is 1. The van der Waals surface area contributed by atoms with Gasteiger partial charge in [0.25, 0.3) is 0 Å². The Kier molecular flexibility index (Phi) is 12.7. The highest BCUT2D eigenvalue weighted by atomic mass is 16.8. The zero-order chi connectivity index (χ0) is 36.9. The Labute approximate surface area is 283 Å². The van der Waals surface area contributed by atoms with E-state index in [9.17, 15) is 54.6 Å². The summed E-state index contributed by atoms with van der Waals surface area (Å²) in [6.07, 6.45) is -9.55. The highest BCUT2D eigenvalue weighted by Gasteiger charge is 2.85. The van der Waals surface area contributed by atoms with Crippen LogP contribution >= 0.6 is 0 Å². The lowest BCUT2D eigenvalue weighted by Crippen LogP contribution is -2.78. The lowest BCUT2D eigenvalue weighted by molar-refractivity contribution is -0.374. The van der Waals surface area contributed by atoms with Crippen molar-refractivity contribution >= 4 is 29.8 Å². The molecule has 10 atom stereocenters. The van der Waals surface area contributed by atoms with Crippen molar-refractivity contribution < 1.29 is 73.6 Å². The van der Waals surface area contributed by atoms with Gasteiger partial charge >= 0.3 is 29.8 Å². The standard InChI is InChI=1S/C34H46O15/c1-6-18(2)12-13-23(36)17-24(37)47-27-26(38)32(48-28(29(39)40)33(45,30(41)42)34(27,49-32)31(43)44)15-14-19(3)25(46-21(5)35)20(4)16-22-10-8-7-9-11-22/h7-11,18,20,23,25-28,36,38,45H,3,6,12-17H2,1-2,4-5H3,(H,39,40)(H,41,42)(H,43,44)/t18?,20-,23?,25-,26-,27-,28-,32+,33-,34+/m1/s1. The number of aliphatic hydroxyl groups excluding tert-OH is 2. The van der Waals surface area contributed by atoms with Crippen LogP contribution < -0.4 is 0 Å². The number of hydrogen-bond donors (Lipinski definition) is 6. The van der Waals surface area contributed by atoms with Crippen molar-refractivity contribution in [2.75, 3.05) is 0 Å². The molecule has 2 heterocycles. The summed E-state index contributed by atoms with van der Waals surface area (Å²) in [6, 6.07) is 9.24. The Bertz CT molecular complexity index is 1400. The molecule has 2 aliphatic rings. The van der Waals surface area contributed by atoms with Crippen molar-refractivity contribution in [3.63, 3.8) is 0 Å². The number of fused-ring (bicyclic) bond motifs is 2. The first-order valence-corrected chi connectivity index (χ1v) is 16.1. The number of ether oxygens (including phenoxy) is 4. The molecular weight excluding hydrogens is 648 g/mol. The lowest BCUT2D eigenvalue weighted by Gasteiger charge is -2.48. The molecule has 0 spiro atoms. The Hall–Kier alpha value is -3.89. The molecule has 2 unspecified atom stereocenters. The quantitative estimate of drug-likeness (QED) is 0.0948. The van der Waals surface area contributed by atoms with E-state index in [4.69, 9.17) is 18.9 Å². The van der Waals surface area contributed by atoms with Crippen LogP contribution in [-0.2, 0) is 49.3 Å². The first-order chi connectivity index (χ1) is 22.9. The molecule has 15 heteroatoms. The first kappa shape index (κ1) is 39.5. The molecule has 0 aliphatic carbocycles. The van der Waals surface area contributed by atoms with Gasteiger partial charge in [0.15, 0.2) is 6.10 Å². The summed E-state index contributed by atoms with van der Waals surface area (Å²) in [7, 11) is 0. The van der Waals surface area contributed by atoms with E-state index in [0.29, 0.717) is 12.8 Å². The van der Waals surface area contributed by atoms with Crippen LogP contribution in [0.5, 0.6) is 0 Å². The first-order valence-electron chi connectivity index (χ1n) is 16.1. The molecule has 15 nitrogen and oxygen atoms in total. The molecule has 3 rings (SSSR count). The van der Waals surface area contributed by atoms with Gasteiger partial charge in [-0.15, -0.1) is 0 Å². The zero-order valence-corrected chi connectivity index (χ0v) is 27.9. The van der Waals surface area contributed by atoms with Crippen LogP contribution in [-0.4, -0.2) is 108 Å². The summed E-state index contributed by atoms with van der Waals surface area (Å²) in [5, 5.41) is 63.8. The fourth-order valence-corrected chi connectivity index (χ4v) is 6.46. The van der Waals surface area contributed by atoms with Crippen molar-refractivity contribution in [3.8, 4) is 0 Å². The molecule has 0 aromatic heterocycles. The van der Waals surface area contributed by atoms with E-state index in [2.05, 4.69) is 6.58 Å². The van der Waals surface area contributed by atoms with Crippen molar-refractivity contribution in [2.45, 2.75) is 120 Å². The monoisotopic (exact) mass is 694 g/mol. The molecule has 0 amide bonds. The molecule has 2 fully saturated rings. The summed E-state index contributed by atoms with van der Waals surface area (Å²) in [5.41, 5.74) is -6.40. The SMILES string of the molecule is C=C(CC[C@]12O[C@H](C(=O)O)[C@@](O)(C(=O)O)[C@](C(=O)O)(O1)[C@H](OC(=O)CC(O)CCC(C)CC)[C@H]2O)[C@@H](OC(C)=O)[C@H](C)Cc1ccccc1. The van der Waals surface area contributed by atoms with Gasteiger partial charge in [0.05, 0.1) is 12.5 Å². The van der Waals surface area contributed by atoms with Gasteiger partial charge < -0.3 is 49.6 Å². The molecular formula is C34H46O15. The maximum absolute atomic E-state index is 13.0. The van der Waals surface area contributed by atoms with Crippen molar-refractivity contribution in [1.29, 1.82) is 0 Å². The smallest absolute Gasteiger partial charge is 0.344 e. The van der Waals surface area contributed by atoms with Crippen LogP contribution in [0, 0.1) is 11.8 Å². The predicted molar refractivity (Wildman–Crippen MR) is 168 cm³/mol. The number of carboxylic acids is 3. The van der Waals surface area contributed by atoms with Gasteiger partial charge in [0.2, 0.25) is 23.1 Å². The van der Waals surface area contributed by atoms with Gasteiger partial charge in [-0.25, -0.2) is 14.4 Å². The molecule has 0 saturated carbocycles. The van der Waals surface area contributed by atoms with Gasteiger partial charge in [-0.3, -0.25) is 9.59 Å². The average molecular weight is 695 g/mol. The lowest BCUT2D eigenvalue weighted by atomic mass is 9.74. The van der Waals surface area contributed by atoms with Gasteiger partial charge in [-0.2, -0.15) is 0 Å². The molecule has 1 aromatic carbocycles. The summed E-state index contributed by atoms with van der Waals surface area (Å²) in [4.78, 5) is 62.9. The van der Waals surface area contributed by atoms with Crippen LogP contribution in [0.25, 0.3) is 0 Å². The minimum atomic E-state index is -3.94. The zero-order valence-electron chi connectivity index (χ0n) is 27.9. The number of carboxylic acid groups (broad SMARTS) is 3. The van der Waals surface area contributed by atoms with Crippen molar-refractivity contribution in [1.82, 2.24) is 0 Å². The van der Waals surface area contributed by atoms with E-state index in [-0.39, 0.29) is 30.3 Å². The summed E-state index contributed by atoms with van der Waals surface area (Å²) in [5.74, 6) is -11.5. The molecule has 1 aromatic rings.